The minimum absolute atomic E-state index is 0.0147. The van der Waals surface area contributed by atoms with Crippen LogP contribution in [0.3, 0.4) is 0 Å². The van der Waals surface area contributed by atoms with Gasteiger partial charge in [-0.15, -0.1) is 0 Å². The number of hydroxylamine groups is 2. The SMILES string of the molecule is COc1ccc(CO[C@H]2CC(=O)N3OCC=C[C@@H]23)cc1. The average molecular weight is 275 g/mol. The minimum Gasteiger partial charge on any atom is -0.497 e. The van der Waals surface area contributed by atoms with Gasteiger partial charge in [-0.2, -0.15) is 0 Å². The highest BCUT2D eigenvalue weighted by molar-refractivity contribution is 5.79. The van der Waals surface area contributed by atoms with Crippen molar-refractivity contribution in [3.05, 3.63) is 42.0 Å². The van der Waals surface area contributed by atoms with Crippen molar-refractivity contribution in [3.63, 3.8) is 0 Å². The molecule has 2 heterocycles. The zero-order valence-corrected chi connectivity index (χ0v) is 11.3. The molecule has 0 N–H and O–H groups in total. The van der Waals surface area contributed by atoms with Gasteiger partial charge in [0, 0.05) is 0 Å². The first-order valence-corrected chi connectivity index (χ1v) is 6.64. The Morgan fingerprint density at radius 1 is 1.35 bits per heavy atom. The summed E-state index contributed by atoms with van der Waals surface area (Å²) in [5, 5.41) is 1.43. The number of ether oxygens (including phenoxy) is 2. The molecule has 0 saturated carbocycles. The maximum absolute atomic E-state index is 11.8. The number of benzene rings is 1. The fourth-order valence-electron chi connectivity index (χ4n) is 2.46. The van der Waals surface area contributed by atoms with Crippen molar-refractivity contribution in [1.82, 2.24) is 5.06 Å². The van der Waals surface area contributed by atoms with E-state index in [0.29, 0.717) is 19.6 Å². The number of amides is 1. The zero-order valence-electron chi connectivity index (χ0n) is 11.3. The monoisotopic (exact) mass is 275 g/mol. The number of hydrogen-bond acceptors (Lipinski definition) is 4. The summed E-state index contributed by atoms with van der Waals surface area (Å²) in [6.45, 7) is 0.924. The van der Waals surface area contributed by atoms with Gasteiger partial charge in [-0.3, -0.25) is 9.63 Å². The van der Waals surface area contributed by atoms with Crippen molar-refractivity contribution in [2.75, 3.05) is 13.7 Å². The lowest BCUT2D eigenvalue weighted by atomic mass is 10.1. The second-order valence-corrected chi connectivity index (χ2v) is 4.84. The van der Waals surface area contributed by atoms with Crippen LogP contribution in [-0.2, 0) is 21.0 Å². The predicted octanol–water partition coefficient (Wildman–Crippen LogP) is 1.68. The molecule has 0 aromatic heterocycles. The first-order chi connectivity index (χ1) is 9.78. The average Bonchev–Trinajstić information content (AvgIpc) is 2.83. The molecule has 1 fully saturated rings. The number of nitrogens with zero attached hydrogens (tertiary/aromatic N) is 1. The van der Waals surface area contributed by atoms with Crippen LogP contribution in [0.1, 0.15) is 12.0 Å². The van der Waals surface area contributed by atoms with Crippen LogP contribution in [-0.4, -0.2) is 36.8 Å². The lowest BCUT2D eigenvalue weighted by molar-refractivity contribution is -0.187. The molecular formula is C15H17NO4. The molecule has 1 saturated heterocycles. The molecule has 0 radical (unpaired) electrons. The standard InChI is InChI=1S/C15H17NO4/c1-18-12-6-4-11(5-7-12)10-19-14-9-15(17)16-13(14)3-2-8-20-16/h2-7,13-14H,8-10H2,1H3/t13-,14-/m0/s1. The van der Waals surface area contributed by atoms with Gasteiger partial charge in [0.05, 0.1) is 32.8 Å². The fraction of sp³-hybridized carbons (Fsp3) is 0.400. The van der Waals surface area contributed by atoms with Gasteiger partial charge in [-0.1, -0.05) is 24.3 Å². The second-order valence-electron chi connectivity index (χ2n) is 4.84. The Morgan fingerprint density at radius 2 is 2.15 bits per heavy atom. The van der Waals surface area contributed by atoms with Crippen LogP contribution in [0.4, 0.5) is 0 Å². The van der Waals surface area contributed by atoms with Gasteiger partial charge in [0.15, 0.2) is 0 Å². The Kier molecular flexibility index (Phi) is 3.71. The zero-order chi connectivity index (χ0) is 13.9. The molecule has 3 rings (SSSR count). The van der Waals surface area contributed by atoms with E-state index in [1.54, 1.807) is 7.11 Å². The van der Waals surface area contributed by atoms with Crippen molar-refractivity contribution in [2.45, 2.75) is 25.2 Å². The van der Waals surface area contributed by atoms with Gasteiger partial charge in [0.25, 0.3) is 0 Å². The first-order valence-electron chi connectivity index (χ1n) is 6.64. The summed E-state index contributed by atoms with van der Waals surface area (Å²) in [7, 11) is 1.64. The summed E-state index contributed by atoms with van der Waals surface area (Å²) in [5.41, 5.74) is 1.05. The number of carbonyl (C=O) groups excluding carboxylic acids is 1. The molecule has 0 unspecified atom stereocenters. The molecule has 0 aliphatic carbocycles. The van der Waals surface area contributed by atoms with E-state index in [-0.39, 0.29) is 18.1 Å². The molecule has 5 heteroatoms. The number of fused-ring (bicyclic) bond motifs is 1. The van der Waals surface area contributed by atoms with E-state index in [1.807, 2.05) is 36.4 Å². The molecule has 0 bridgehead atoms. The number of carbonyl (C=O) groups is 1. The molecule has 5 nitrogen and oxygen atoms in total. The third-order valence-corrected chi connectivity index (χ3v) is 3.54. The van der Waals surface area contributed by atoms with Gasteiger partial charge in [-0.25, -0.2) is 5.06 Å². The molecule has 106 valence electrons. The van der Waals surface area contributed by atoms with E-state index in [0.717, 1.165) is 11.3 Å². The highest BCUT2D eigenvalue weighted by Crippen LogP contribution is 2.27. The Hall–Kier alpha value is -1.85. The minimum atomic E-state index is -0.152. The second kappa shape index (κ2) is 5.64. The Morgan fingerprint density at radius 3 is 2.90 bits per heavy atom. The highest BCUT2D eigenvalue weighted by atomic mass is 16.7. The third-order valence-electron chi connectivity index (χ3n) is 3.54. The topological polar surface area (TPSA) is 48.0 Å². The Bertz CT molecular complexity index is 511. The number of hydrogen-bond donors (Lipinski definition) is 0. The fourth-order valence-corrected chi connectivity index (χ4v) is 2.46. The van der Waals surface area contributed by atoms with Gasteiger partial charge in [0.2, 0.25) is 5.91 Å². The normalized spacial score (nSPS) is 24.9. The van der Waals surface area contributed by atoms with Crippen LogP contribution < -0.4 is 4.74 Å². The molecule has 1 aromatic rings. The van der Waals surface area contributed by atoms with Gasteiger partial charge < -0.3 is 9.47 Å². The molecule has 1 amide bonds. The number of methoxy groups -OCH3 is 1. The molecule has 20 heavy (non-hydrogen) atoms. The molecular weight excluding hydrogens is 258 g/mol. The van der Waals surface area contributed by atoms with Gasteiger partial charge in [0.1, 0.15) is 11.8 Å². The van der Waals surface area contributed by atoms with Crippen LogP contribution in [0.15, 0.2) is 36.4 Å². The van der Waals surface area contributed by atoms with Crippen LogP contribution >= 0.6 is 0 Å². The quantitative estimate of drug-likeness (QED) is 0.784. The largest absolute Gasteiger partial charge is 0.497 e. The van der Waals surface area contributed by atoms with Crippen molar-refractivity contribution in [2.24, 2.45) is 0 Å². The summed E-state index contributed by atoms with van der Waals surface area (Å²) in [5.74, 6) is 0.804. The maximum atomic E-state index is 11.8. The molecule has 2 aliphatic rings. The lowest BCUT2D eigenvalue weighted by Gasteiger charge is -2.27. The van der Waals surface area contributed by atoms with Crippen LogP contribution in [0.2, 0.25) is 0 Å². The number of rotatable bonds is 4. The first kappa shape index (κ1) is 13.1. The van der Waals surface area contributed by atoms with E-state index >= 15 is 0 Å². The molecule has 0 spiro atoms. The van der Waals surface area contributed by atoms with Gasteiger partial charge >= 0.3 is 0 Å². The van der Waals surface area contributed by atoms with Crippen LogP contribution in [0, 0.1) is 0 Å². The van der Waals surface area contributed by atoms with E-state index in [9.17, 15) is 4.79 Å². The van der Waals surface area contributed by atoms with Crippen molar-refractivity contribution >= 4 is 5.91 Å². The van der Waals surface area contributed by atoms with Crippen molar-refractivity contribution < 1.29 is 19.1 Å². The van der Waals surface area contributed by atoms with Crippen molar-refractivity contribution in [3.8, 4) is 5.75 Å². The van der Waals surface area contributed by atoms with Crippen molar-refractivity contribution in [1.29, 1.82) is 0 Å². The van der Waals surface area contributed by atoms with E-state index < -0.39 is 0 Å². The molecule has 2 aliphatic heterocycles. The van der Waals surface area contributed by atoms with E-state index in [2.05, 4.69) is 0 Å². The predicted molar refractivity (Wildman–Crippen MR) is 71.9 cm³/mol. The Labute approximate surface area is 117 Å². The summed E-state index contributed by atoms with van der Waals surface area (Å²) in [4.78, 5) is 17.1. The molecule has 2 atom stereocenters. The van der Waals surface area contributed by atoms with Crippen LogP contribution in [0.5, 0.6) is 5.75 Å². The Balaban J connectivity index is 1.61. The van der Waals surface area contributed by atoms with Crippen LogP contribution in [0.25, 0.3) is 0 Å². The third kappa shape index (κ3) is 2.55. The van der Waals surface area contributed by atoms with Gasteiger partial charge in [-0.05, 0) is 17.7 Å². The molecule has 1 aromatic carbocycles. The van der Waals surface area contributed by atoms with E-state index in [4.69, 9.17) is 14.3 Å². The highest BCUT2D eigenvalue weighted by Gasteiger charge is 2.41. The summed E-state index contributed by atoms with van der Waals surface area (Å²) in [6, 6.07) is 7.61. The lowest BCUT2D eigenvalue weighted by Crippen LogP contribution is -2.38. The summed E-state index contributed by atoms with van der Waals surface area (Å²) in [6.07, 6.45) is 4.11. The maximum Gasteiger partial charge on any atom is 0.249 e. The summed E-state index contributed by atoms with van der Waals surface area (Å²) >= 11 is 0. The smallest absolute Gasteiger partial charge is 0.249 e. The summed E-state index contributed by atoms with van der Waals surface area (Å²) < 4.78 is 11.0. The van der Waals surface area contributed by atoms with E-state index in [1.165, 1.54) is 5.06 Å².